The maximum atomic E-state index is 13.1. The molecule has 32 heavy (non-hydrogen) atoms. The Morgan fingerprint density at radius 1 is 0.438 bits per heavy atom. The minimum absolute atomic E-state index is 0.200. The van der Waals surface area contributed by atoms with E-state index in [2.05, 4.69) is 10.6 Å². The summed E-state index contributed by atoms with van der Waals surface area (Å²) >= 11 is 0. The molecule has 0 unspecified atom stereocenters. The third-order valence-electron chi connectivity index (χ3n) is 5.30. The van der Waals surface area contributed by atoms with Crippen molar-refractivity contribution in [1.29, 1.82) is 0 Å². The van der Waals surface area contributed by atoms with Crippen LogP contribution >= 0.6 is 0 Å². The zero-order valence-electron chi connectivity index (χ0n) is 17.5. The summed E-state index contributed by atoms with van der Waals surface area (Å²) < 4.78 is 0. The van der Waals surface area contributed by atoms with E-state index < -0.39 is 12.1 Å². The molecule has 0 fully saturated rings. The van der Waals surface area contributed by atoms with Crippen molar-refractivity contribution < 1.29 is 9.59 Å². The Labute approximate surface area is 187 Å². The lowest BCUT2D eigenvalue weighted by molar-refractivity contribution is 0.0881. The minimum atomic E-state index is -0.473. The topological polar surface area (TPSA) is 58.2 Å². The molecule has 0 aliphatic rings. The van der Waals surface area contributed by atoms with Gasteiger partial charge in [-0.15, -0.1) is 0 Å². The molecule has 4 aromatic carbocycles. The maximum absolute atomic E-state index is 13.1. The minimum Gasteiger partial charge on any atom is -0.343 e. The zero-order chi connectivity index (χ0) is 22.2. The third kappa shape index (κ3) is 5.10. The van der Waals surface area contributed by atoms with Gasteiger partial charge in [0, 0.05) is 11.1 Å². The predicted octanol–water partition coefficient (Wildman–Crippen LogP) is 5.33. The molecule has 2 atom stereocenters. The van der Waals surface area contributed by atoms with Crippen LogP contribution in [0.4, 0.5) is 0 Å². The molecule has 0 spiro atoms. The Balaban J connectivity index is 1.72. The van der Waals surface area contributed by atoms with Crippen molar-refractivity contribution in [3.8, 4) is 0 Å². The third-order valence-corrected chi connectivity index (χ3v) is 5.30. The number of rotatable bonds is 7. The fourth-order valence-corrected chi connectivity index (χ4v) is 3.67. The number of hydrogen-bond acceptors (Lipinski definition) is 2. The van der Waals surface area contributed by atoms with Gasteiger partial charge < -0.3 is 10.6 Å². The van der Waals surface area contributed by atoms with E-state index in [1.807, 2.05) is 97.1 Å². The normalized spacial score (nSPS) is 12.4. The first-order valence-corrected chi connectivity index (χ1v) is 10.5. The summed E-state index contributed by atoms with van der Waals surface area (Å²) in [5.41, 5.74) is 2.93. The van der Waals surface area contributed by atoms with Crippen molar-refractivity contribution in [2.75, 3.05) is 0 Å². The number of carbonyl (C=O) groups is 2. The van der Waals surface area contributed by atoms with Gasteiger partial charge in [0.1, 0.15) is 0 Å². The molecule has 0 saturated heterocycles. The van der Waals surface area contributed by atoms with Crippen LogP contribution in [0.3, 0.4) is 0 Å². The quantitative estimate of drug-likeness (QED) is 0.425. The van der Waals surface area contributed by atoms with Gasteiger partial charge in [-0.1, -0.05) is 97.1 Å². The number of benzene rings is 4. The fourth-order valence-electron chi connectivity index (χ4n) is 3.67. The highest BCUT2D eigenvalue weighted by atomic mass is 16.2. The van der Waals surface area contributed by atoms with Crippen molar-refractivity contribution in [3.05, 3.63) is 144 Å². The van der Waals surface area contributed by atoms with Crippen LogP contribution in [0.25, 0.3) is 0 Å². The molecule has 4 heteroatoms. The molecule has 2 amide bonds. The maximum Gasteiger partial charge on any atom is 0.251 e. The van der Waals surface area contributed by atoms with Crippen LogP contribution in [-0.4, -0.2) is 11.8 Å². The van der Waals surface area contributed by atoms with E-state index in [4.69, 9.17) is 0 Å². The second kappa shape index (κ2) is 10.2. The van der Waals surface area contributed by atoms with Gasteiger partial charge in [-0.3, -0.25) is 9.59 Å². The Morgan fingerprint density at radius 3 is 1.03 bits per heavy atom. The molecule has 0 aliphatic heterocycles. The fraction of sp³-hybridized carbons (Fsp3) is 0.0714. The molecule has 0 radical (unpaired) electrons. The Bertz CT molecular complexity index is 1050. The van der Waals surface area contributed by atoms with Gasteiger partial charge in [-0.2, -0.15) is 0 Å². The van der Waals surface area contributed by atoms with E-state index in [-0.39, 0.29) is 11.8 Å². The standard InChI is InChI=1S/C28H24N2O2/c31-27(23-17-9-3-10-18-23)29-25(21-13-5-1-6-14-21)26(22-15-7-2-8-16-22)30-28(32)24-19-11-4-12-20-24/h1-20,25-26H,(H,29,31)(H,30,32)/t25-,26-/m0/s1. The Hall–Kier alpha value is -4.18. The monoisotopic (exact) mass is 420 g/mol. The van der Waals surface area contributed by atoms with Crippen molar-refractivity contribution >= 4 is 11.8 Å². The van der Waals surface area contributed by atoms with E-state index in [1.54, 1.807) is 24.3 Å². The molecule has 2 N–H and O–H groups in total. The lowest BCUT2D eigenvalue weighted by Crippen LogP contribution is -2.40. The van der Waals surface area contributed by atoms with Gasteiger partial charge in [0.05, 0.1) is 12.1 Å². The van der Waals surface area contributed by atoms with Gasteiger partial charge in [0.25, 0.3) is 11.8 Å². The highest BCUT2D eigenvalue weighted by molar-refractivity contribution is 5.95. The summed E-state index contributed by atoms with van der Waals surface area (Å²) in [6, 6.07) is 36.6. The van der Waals surface area contributed by atoms with Gasteiger partial charge in [-0.25, -0.2) is 0 Å². The Morgan fingerprint density at radius 2 is 0.719 bits per heavy atom. The van der Waals surface area contributed by atoms with Crippen LogP contribution in [0.2, 0.25) is 0 Å². The van der Waals surface area contributed by atoms with Crippen LogP contribution < -0.4 is 10.6 Å². The second-order valence-corrected chi connectivity index (χ2v) is 7.46. The smallest absolute Gasteiger partial charge is 0.251 e. The highest BCUT2D eigenvalue weighted by Gasteiger charge is 2.28. The zero-order valence-corrected chi connectivity index (χ0v) is 17.5. The van der Waals surface area contributed by atoms with Gasteiger partial charge in [0.2, 0.25) is 0 Å². The number of nitrogens with one attached hydrogen (secondary N) is 2. The number of carbonyl (C=O) groups excluding carboxylic acids is 2. The van der Waals surface area contributed by atoms with Crippen LogP contribution in [0, 0.1) is 0 Å². The largest absolute Gasteiger partial charge is 0.343 e. The molecule has 0 aliphatic carbocycles. The predicted molar refractivity (Wildman–Crippen MR) is 126 cm³/mol. The summed E-state index contributed by atoms with van der Waals surface area (Å²) in [4.78, 5) is 26.2. The lowest BCUT2D eigenvalue weighted by atomic mass is 9.92. The first-order chi connectivity index (χ1) is 15.7. The van der Waals surface area contributed by atoms with E-state index in [9.17, 15) is 9.59 Å². The molecule has 0 heterocycles. The van der Waals surface area contributed by atoms with Crippen LogP contribution in [0.5, 0.6) is 0 Å². The molecule has 0 bridgehead atoms. The number of hydrogen-bond donors (Lipinski definition) is 2. The molecule has 0 saturated carbocycles. The van der Waals surface area contributed by atoms with Crippen LogP contribution in [0.15, 0.2) is 121 Å². The first kappa shape index (κ1) is 21.1. The average molecular weight is 421 g/mol. The van der Waals surface area contributed by atoms with Gasteiger partial charge in [-0.05, 0) is 35.4 Å². The second-order valence-electron chi connectivity index (χ2n) is 7.46. The van der Waals surface area contributed by atoms with E-state index in [1.165, 1.54) is 0 Å². The molecule has 4 aromatic rings. The highest BCUT2D eigenvalue weighted by Crippen LogP contribution is 2.30. The van der Waals surface area contributed by atoms with Gasteiger partial charge >= 0.3 is 0 Å². The van der Waals surface area contributed by atoms with Crippen LogP contribution in [-0.2, 0) is 0 Å². The molecule has 158 valence electrons. The van der Waals surface area contributed by atoms with E-state index in [0.717, 1.165) is 11.1 Å². The number of amides is 2. The van der Waals surface area contributed by atoms with Crippen molar-refractivity contribution in [2.24, 2.45) is 0 Å². The molecule has 4 nitrogen and oxygen atoms in total. The van der Waals surface area contributed by atoms with Crippen molar-refractivity contribution in [3.63, 3.8) is 0 Å². The summed E-state index contributed by atoms with van der Waals surface area (Å²) in [6.07, 6.45) is 0. The van der Waals surface area contributed by atoms with Gasteiger partial charge in [0.15, 0.2) is 0 Å². The SMILES string of the molecule is O=C(N[C@@H](c1ccccc1)[C@@H](NC(=O)c1ccccc1)c1ccccc1)c1ccccc1. The lowest BCUT2D eigenvalue weighted by Gasteiger charge is -2.30. The van der Waals surface area contributed by atoms with Crippen LogP contribution in [0.1, 0.15) is 43.9 Å². The van der Waals surface area contributed by atoms with E-state index >= 15 is 0 Å². The molecule has 4 rings (SSSR count). The Kier molecular flexibility index (Phi) is 6.73. The molecular formula is C28H24N2O2. The summed E-state index contributed by atoms with van der Waals surface area (Å²) in [7, 11) is 0. The summed E-state index contributed by atoms with van der Waals surface area (Å²) in [5.74, 6) is -0.399. The molecule has 0 aromatic heterocycles. The van der Waals surface area contributed by atoms with Crippen molar-refractivity contribution in [1.82, 2.24) is 10.6 Å². The average Bonchev–Trinajstić information content (AvgIpc) is 2.88. The molecular weight excluding hydrogens is 396 g/mol. The van der Waals surface area contributed by atoms with Crippen molar-refractivity contribution in [2.45, 2.75) is 12.1 Å². The first-order valence-electron chi connectivity index (χ1n) is 10.5. The summed E-state index contributed by atoms with van der Waals surface area (Å²) in [6.45, 7) is 0. The van der Waals surface area contributed by atoms with E-state index in [0.29, 0.717) is 11.1 Å². The summed E-state index contributed by atoms with van der Waals surface area (Å²) in [5, 5.41) is 6.30.